The lowest BCUT2D eigenvalue weighted by Crippen LogP contribution is -2.32. The Kier molecular flexibility index (Phi) is 6.33. The topological polar surface area (TPSA) is 91.0 Å². The van der Waals surface area contributed by atoms with Gasteiger partial charge in [-0.25, -0.2) is 4.79 Å². The van der Waals surface area contributed by atoms with E-state index in [0.29, 0.717) is 12.1 Å². The number of anilines is 3. The molecule has 1 aliphatic rings. The molecular weight excluding hydrogens is 372 g/mol. The molecule has 0 aliphatic carbocycles. The Morgan fingerprint density at radius 3 is 2.14 bits per heavy atom. The smallest absolute Gasteiger partial charge is 0.326 e. The first-order valence-electron chi connectivity index (χ1n) is 9.33. The third-order valence-electron chi connectivity index (χ3n) is 4.56. The Hall–Kier alpha value is -3.55. The van der Waals surface area contributed by atoms with Crippen molar-refractivity contribution >= 4 is 34.9 Å². The maximum atomic E-state index is 12.1. The first kappa shape index (κ1) is 20.2. The van der Waals surface area contributed by atoms with Crippen LogP contribution in [-0.2, 0) is 9.59 Å². The van der Waals surface area contributed by atoms with Crippen LogP contribution in [-0.4, -0.2) is 54.9 Å². The maximum absolute atomic E-state index is 12.1. The normalized spacial score (nSPS) is 13.6. The fourth-order valence-corrected chi connectivity index (χ4v) is 2.99. The average molecular weight is 396 g/mol. The van der Waals surface area contributed by atoms with Gasteiger partial charge in [-0.1, -0.05) is 0 Å². The van der Waals surface area contributed by atoms with E-state index in [-0.39, 0.29) is 37.4 Å². The van der Waals surface area contributed by atoms with Gasteiger partial charge in [0, 0.05) is 37.1 Å². The molecule has 0 spiro atoms. The number of nitrogens with zero attached hydrogens (tertiary/aromatic N) is 2. The lowest BCUT2D eigenvalue weighted by atomic mass is 10.2. The number of rotatable bonds is 8. The van der Waals surface area contributed by atoms with Gasteiger partial charge in [0.1, 0.15) is 12.3 Å². The molecule has 0 bridgehead atoms. The first-order valence-corrected chi connectivity index (χ1v) is 9.33. The van der Waals surface area contributed by atoms with E-state index >= 15 is 0 Å². The molecule has 2 aromatic carbocycles. The van der Waals surface area contributed by atoms with Crippen molar-refractivity contribution in [2.45, 2.75) is 12.8 Å². The summed E-state index contributed by atoms with van der Waals surface area (Å²) in [6.45, 7) is 0.349. The van der Waals surface area contributed by atoms with E-state index in [2.05, 4.69) is 10.6 Å². The number of ether oxygens (including phenoxy) is 1. The number of carbonyl (C=O) groups is 3. The van der Waals surface area contributed by atoms with Gasteiger partial charge in [-0.3, -0.25) is 14.5 Å². The summed E-state index contributed by atoms with van der Waals surface area (Å²) in [6.07, 6.45) is 0.654. The SMILES string of the molecule is COc1ccc(Nc2ccc(NC(=O)CCCN3C(=O)CN(C)C3=O)cc2)cc1. The number of benzene rings is 2. The Labute approximate surface area is 169 Å². The molecule has 3 rings (SSSR count). The second kappa shape index (κ2) is 9.09. The van der Waals surface area contributed by atoms with Gasteiger partial charge in [-0.05, 0) is 55.0 Å². The zero-order valence-corrected chi connectivity index (χ0v) is 16.5. The quantitative estimate of drug-likeness (QED) is 0.669. The van der Waals surface area contributed by atoms with Gasteiger partial charge in [-0.15, -0.1) is 0 Å². The van der Waals surface area contributed by atoms with Crippen LogP contribution in [0, 0.1) is 0 Å². The summed E-state index contributed by atoms with van der Waals surface area (Å²) in [6, 6.07) is 14.6. The molecular formula is C21H24N4O4. The highest BCUT2D eigenvalue weighted by Gasteiger charge is 2.32. The van der Waals surface area contributed by atoms with Crippen LogP contribution in [0.3, 0.4) is 0 Å². The number of likely N-dealkylation sites (N-methyl/N-ethyl adjacent to an activating group) is 1. The predicted molar refractivity (Wildman–Crippen MR) is 110 cm³/mol. The van der Waals surface area contributed by atoms with Gasteiger partial charge in [-0.2, -0.15) is 0 Å². The zero-order chi connectivity index (χ0) is 20.8. The standard InChI is InChI=1S/C21H24N4O4/c1-24-14-20(27)25(21(24)28)13-3-4-19(26)23-17-7-5-15(6-8-17)22-16-9-11-18(29-2)12-10-16/h5-12,22H,3-4,13-14H2,1-2H3,(H,23,26). The molecule has 2 aromatic rings. The predicted octanol–water partition coefficient (Wildman–Crippen LogP) is 3.05. The monoisotopic (exact) mass is 396 g/mol. The van der Waals surface area contributed by atoms with Crippen molar-refractivity contribution in [3.8, 4) is 5.75 Å². The minimum Gasteiger partial charge on any atom is -0.497 e. The average Bonchev–Trinajstić information content (AvgIpc) is 2.96. The number of hydrogen-bond acceptors (Lipinski definition) is 5. The molecule has 1 aliphatic heterocycles. The largest absolute Gasteiger partial charge is 0.497 e. The van der Waals surface area contributed by atoms with E-state index in [1.165, 1.54) is 9.80 Å². The number of hydrogen-bond donors (Lipinski definition) is 2. The van der Waals surface area contributed by atoms with E-state index < -0.39 is 0 Å². The Morgan fingerprint density at radius 1 is 1.00 bits per heavy atom. The highest BCUT2D eigenvalue weighted by molar-refractivity contribution is 6.01. The fourth-order valence-electron chi connectivity index (χ4n) is 2.99. The fraction of sp³-hybridized carbons (Fsp3) is 0.286. The zero-order valence-electron chi connectivity index (χ0n) is 16.5. The Balaban J connectivity index is 1.44. The van der Waals surface area contributed by atoms with Crippen LogP contribution < -0.4 is 15.4 Å². The summed E-state index contributed by atoms with van der Waals surface area (Å²) >= 11 is 0. The van der Waals surface area contributed by atoms with Gasteiger partial charge in [0.05, 0.1) is 7.11 Å². The molecule has 2 N–H and O–H groups in total. The summed E-state index contributed by atoms with van der Waals surface area (Å²) in [7, 11) is 3.21. The molecule has 8 nitrogen and oxygen atoms in total. The van der Waals surface area contributed by atoms with Crippen molar-refractivity contribution in [2.75, 3.05) is 37.9 Å². The van der Waals surface area contributed by atoms with Crippen LogP contribution in [0.25, 0.3) is 0 Å². The summed E-state index contributed by atoms with van der Waals surface area (Å²) < 4.78 is 5.14. The lowest BCUT2D eigenvalue weighted by Gasteiger charge is -2.13. The number of nitrogens with one attached hydrogen (secondary N) is 2. The van der Waals surface area contributed by atoms with Gasteiger partial charge in [0.2, 0.25) is 11.8 Å². The van der Waals surface area contributed by atoms with Gasteiger partial charge in [0.15, 0.2) is 0 Å². The van der Waals surface area contributed by atoms with Crippen LogP contribution in [0.1, 0.15) is 12.8 Å². The molecule has 29 heavy (non-hydrogen) atoms. The van der Waals surface area contributed by atoms with Crippen LogP contribution in [0.4, 0.5) is 21.9 Å². The molecule has 1 heterocycles. The number of methoxy groups -OCH3 is 1. The third-order valence-corrected chi connectivity index (χ3v) is 4.56. The number of imide groups is 1. The van der Waals surface area contributed by atoms with Crippen molar-refractivity contribution in [1.82, 2.24) is 9.80 Å². The molecule has 8 heteroatoms. The molecule has 1 fully saturated rings. The van der Waals surface area contributed by atoms with Gasteiger partial charge < -0.3 is 20.3 Å². The summed E-state index contributed by atoms with van der Waals surface area (Å²) in [5.74, 6) is 0.408. The molecule has 1 saturated heterocycles. The number of carbonyl (C=O) groups excluding carboxylic acids is 3. The van der Waals surface area contributed by atoms with Crippen molar-refractivity contribution < 1.29 is 19.1 Å². The van der Waals surface area contributed by atoms with Crippen molar-refractivity contribution in [2.24, 2.45) is 0 Å². The lowest BCUT2D eigenvalue weighted by molar-refractivity contribution is -0.125. The minimum atomic E-state index is -0.310. The van der Waals surface area contributed by atoms with Crippen LogP contribution in [0.15, 0.2) is 48.5 Å². The summed E-state index contributed by atoms with van der Waals surface area (Å²) in [4.78, 5) is 38.2. The minimum absolute atomic E-state index is 0.0991. The molecule has 0 saturated carbocycles. The highest BCUT2D eigenvalue weighted by atomic mass is 16.5. The molecule has 0 radical (unpaired) electrons. The van der Waals surface area contributed by atoms with Crippen LogP contribution in [0.2, 0.25) is 0 Å². The van der Waals surface area contributed by atoms with Crippen molar-refractivity contribution in [3.05, 3.63) is 48.5 Å². The first-order chi connectivity index (χ1) is 14.0. The second-order valence-electron chi connectivity index (χ2n) is 6.77. The van der Waals surface area contributed by atoms with Crippen molar-refractivity contribution in [3.63, 3.8) is 0 Å². The van der Waals surface area contributed by atoms with E-state index in [1.807, 2.05) is 48.5 Å². The highest BCUT2D eigenvalue weighted by Crippen LogP contribution is 2.21. The number of urea groups is 1. The molecule has 0 aromatic heterocycles. The van der Waals surface area contributed by atoms with Crippen LogP contribution in [0.5, 0.6) is 5.75 Å². The van der Waals surface area contributed by atoms with E-state index in [4.69, 9.17) is 4.74 Å². The Bertz CT molecular complexity index is 881. The van der Waals surface area contributed by atoms with E-state index in [9.17, 15) is 14.4 Å². The molecule has 0 atom stereocenters. The Morgan fingerprint density at radius 2 is 1.59 bits per heavy atom. The summed E-state index contributed by atoms with van der Waals surface area (Å²) in [5, 5.41) is 6.09. The molecule has 152 valence electrons. The van der Waals surface area contributed by atoms with E-state index in [0.717, 1.165) is 17.1 Å². The molecule has 4 amide bonds. The summed E-state index contributed by atoms with van der Waals surface area (Å²) in [5.41, 5.74) is 2.51. The van der Waals surface area contributed by atoms with Gasteiger partial charge >= 0.3 is 6.03 Å². The number of amides is 4. The van der Waals surface area contributed by atoms with Crippen molar-refractivity contribution in [1.29, 1.82) is 0 Å². The van der Waals surface area contributed by atoms with E-state index in [1.54, 1.807) is 14.2 Å². The molecule has 0 unspecified atom stereocenters. The third kappa shape index (κ3) is 5.25. The maximum Gasteiger partial charge on any atom is 0.326 e. The van der Waals surface area contributed by atoms with Crippen LogP contribution >= 0.6 is 0 Å². The van der Waals surface area contributed by atoms with Gasteiger partial charge in [0.25, 0.3) is 0 Å². The second-order valence-corrected chi connectivity index (χ2v) is 6.77.